The van der Waals surface area contributed by atoms with E-state index in [1.165, 1.54) is 38.5 Å². The molecule has 3 aromatic rings. The summed E-state index contributed by atoms with van der Waals surface area (Å²) in [5.41, 5.74) is 0.586. The molecule has 3 aromatic carbocycles. The van der Waals surface area contributed by atoms with Crippen LogP contribution in [0.4, 0.5) is 5.69 Å². The molecule has 2 N–H and O–H groups in total. The van der Waals surface area contributed by atoms with Crippen LogP contribution in [0.1, 0.15) is 21.5 Å². The number of sulfonamides is 1. The molecule has 0 aliphatic carbocycles. The average molecular weight is 503 g/mol. The predicted molar refractivity (Wildman–Crippen MR) is 124 cm³/mol. The molecule has 11 nitrogen and oxygen atoms in total. The van der Waals surface area contributed by atoms with Crippen LogP contribution in [0, 0.1) is 10.1 Å². The standard InChI is InChI=1S/C23H22N2O9S/c1-32-19-8-6-17(21(12-19)33-2)13-24-35(30,31)22-11-18(25(28)29)7-9-20(22)34-14-15-4-3-5-16(10-15)23(26)27/h3-12,24H,13-14H2,1-2H3,(H,26,27). The van der Waals surface area contributed by atoms with E-state index >= 15 is 0 Å². The molecule has 0 atom stereocenters. The van der Waals surface area contributed by atoms with Crippen molar-refractivity contribution in [1.82, 2.24) is 4.72 Å². The largest absolute Gasteiger partial charge is 0.497 e. The van der Waals surface area contributed by atoms with Gasteiger partial charge in [-0.05, 0) is 29.8 Å². The molecule has 3 rings (SSSR count). The highest BCUT2D eigenvalue weighted by atomic mass is 32.2. The first-order chi connectivity index (χ1) is 16.6. The molecule has 0 amide bonds. The highest BCUT2D eigenvalue weighted by molar-refractivity contribution is 7.89. The molecule has 0 saturated carbocycles. The van der Waals surface area contributed by atoms with Crippen LogP contribution in [0.3, 0.4) is 0 Å². The number of nitrogens with zero attached hydrogens (tertiary/aromatic N) is 1. The van der Waals surface area contributed by atoms with Crippen molar-refractivity contribution in [3.63, 3.8) is 0 Å². The molecule has 0 bridgehead atoms. The lowest BCUT2D eigenvalue weighted by atomic mass is 10.1. The molecule has 0 aliphatic heterocycles. The predicted octanol–water partition coefficient (Wildman–Crippen LogP) is 3.37. The number of hydrogen-bond acceptors (Lipinski definition) is 8. The molecular formula is C23H22N2O9S. The van der Waals surface area contributed by atoms with Gasteiger partial charge in [-0.3, -0.25) is 10.1 Å². The summed E-state index contributed by atoms with van der Waals surface area (Å²) in [5.74, 6) is -0.343. The Labute approximate surface area is 201 Å². The van der Waals surface area contributed by atoms with Crippen LogP contribution < -0.4 is 18.9 Å². The molecule has 35 heavy (non-hydrogen) atoms. The van der Waals surface area contributed by atoms with Crippen LogP contribution in [0.25, 0.3) is 0 Å². The van der Waals surface area contributed by atoms with Gasteiger partial charge in [0.15, 0.2) is 0 Å². The fourth-order valence-corrected chi connectivity index (χ4v) is 4.31. The van der Waals surface area contributed by atoms with Crippen LogP contribution in [-0.2, 0) is 23.2 Å². The SMILES string of the molecule is COc1ccc(CNS(=O)(=O)c2cc([N+](=O)[O-])ccc2OCc2cccc(C(=O)O)c2)c(OC)c1. The minimum Gasteiger partial charge on any atom is -0.497 e. The molecule has 0 aromatic heterocycles. The third kappa shape index (κ3) is 6.25. The van der Waals surface area contributed by atoms with Gasteiger partial charge in [0.1, 0.15) is 28.8 Å². The topological polar surface area (TPSA) is 154 Å². The Balaban J connectivity index is 1.88. The molecule has 184 valence electrons. The number of ether oxygens (including phenoxy) is 3. The summed E-state index contributed by atoms with van der Waals surface area (Å²) in [7, 11) is -1.36. The van der Waals surface area contributed by atoms with Crippen molar-refractivity contribution >= 4 is 21.7 Å². The normalized spacial score (nSPS) is 11.0. The fraction of sp³-hybridized carbons (Fsp3) is 0.174. The number of nitrogens with one attached hydrogen (secondary N) is 1. The van der Waals surface area contributed by atoms with Gasteiger partial charge in [0.2, 0.25) is 10.0 Å². The monoisotopic (exact) mass is 502 g/mol. The maximum absolute atomic E-state index is 13.1. The van der Waals surface area contributed by atoms with Crippen molar-refractivity contribution in [2.75, 3.05) is 14.2 Å². The Bertz CT molecular complexity index is 1360. The van der Waals surface area contributed by atoms with Gasteiger partial charge in [-0.1, -0.05) is 18.2 Å². The Hall–Kier alpha value is -4.16. The molecule has 0 radical (unpaired) electrons. The lowest BCUT2D eigenvalue weighted by molar-refractivity contribution is -0.385. The van der Waals surface area contributed by atoms with E-state index in [1.54, 1.807) is 24.3 Å². The summed E-state index contributed by atoms with van der Waals surface area (Å²) in [6, 6.07) is 14.0. The summed E-state index contributed by atoms with van der Waals surface area (Å²) in [4.78, 5) is 21.3. The quantitative estimate of drug-likeness (QED) is 0.297. The zero-order valence-corrected chi connectivity index (χ0v) is 19.6. The van der Waals surface area contributed by atoms with E-state index in [0.717, 1.165) is 12.1 Å². The minimum atomic E-state index is -4.27. The van der Waals surface area contributed by atoms with Gasteiger partial charge in [0.05, 0.1) is 24.7 Å². The van der Waals surface area contributed by atoms with E-state index in [-0.39, 0.29) is 24.5 Å². The summed E-state index contributed by atoms with van der Waals surface area (Å²) in [6.45, 7) is -0.327. The van der Waals surface area contributed by atoms with Crippen molar-refractivity contribution in [3.8, 4) is 17.2 Å². The van der Waals surface area contributed by atoms with Crippen molar-refractivity contribution < 1.29 is 37.5 Å². The van der Waals surface area contributed by atoms with Crippen molar-refractivity contribution in [3.05, 3.63) is 87.5 Å². The van der Waals surface area contributed by atoms with E-state index < -0.39 is 31.5 Å². The lowest BCUT2D eigenvalue weighted by Crippen LogP contribution is -2.24. The van der Waals surface area contributed by atoms with Gasteiger partial charge < -0.3 is 19.3 Å². The molecule has 0 heterocycles. The van der Waals surface area contributed by atoms with E-state index in [9.17, 15) is 23.3 Å². The first kappa shape index (κ1) is 25.5. The molecule has 0 aliphatic rings. The number of nitro groups is 1. The van der Waals surface area contributed by atoms with Crippen LogP contribution in [0.5, 0.6) is 17.2 Å². The number of non-ortho nitro benzene ring substituents is 1. The number of benzene rings is 3. The van der Waals surface area contributed by atoms with Gasteiger partial charge in [0.25, 0.3) is 5.69 Å². The van der Waals surface area contributed by atoms with Gasteiger partial charge in [-0.25, -0.2) is 17.9 Å². The molecule has 0 fully saturated rings. The summed E-state index contributed by atoms with van der Waals surface area (Å²) in [5, 5.41) is 20.4. The number of carbonyl (C=O) groups is 1. The van der Waals surface area contributed by atoms with Gasteiger partial charge in [0, 0.05) is 30.3 Å². The first-order valence-corrected chi connectivity index (χ1v) is 11.6. The van der Waals surface area contributed by atoms with Gasteiger partial charge in [-0.15, -0.1) is 0 Å². The van der Waals surface area contributed by atoms with Crippen LogP contribution in [0.2, 0.25) is 0 Å². The van der Waals surface area contributed by atoms with Crippen molar-refractivity contribution in [2.24, 2.45) is 0 Å². The Morgan fingerprint density at radius 2 is 1.80 bits per heavy atom. The fourth-order valence-electron chi connectivity index (χ4n) is 3.14. The number of hydrogen-bond donors (Lipinski definition) is 2. The summed E-state index contributed by atoms with van der Waals surface area (Å²) < 4.78 is 44.7. The number of carboxylic acids is 1. The Morgan fingerprint density at radius 1 is 1.03 bits per heavy atom. The smallest absolute Gasteiger partial charge is 0.335 e. The Kier molecular flexibility index (Phi) is 7.89. The number of aromatic carboxylic acids is 1. The maximum atomic E-state index is 13.1. The number of carboxylic acid groups (broad SMARTS) is 1. The lowest BCUT2D eigenvalue weighted by Gasteiger charge is -2.14. The third-order valence-electron chi connectivity index (χ3n) is 4.94. The second-order valence-corrected chi connectivity index (χ2v) is 8.92. The van der Waals surface area contributed by atoms with Gasteiger partial charge >= 0.3 is 5.97 Å². The zero-order chi connectivity index (χ0) is 25.6. The Morgan fingerprint density at radius 3 is 2.46 bits per heavy atom. The molecule has 0 spiro atoms. The number of methoxy groups -OCH3 is 2. The maximum Gasteiger partial charge on any atom is 0.335 e. The molecular weight excluding hydrogens is 480 g/mol. The van der Waals surface area contributed by atoms with E-state index in [2.05, 4.69) is 4.72 Å². The van der Waals surface area contributed by atoms with E-state index in [4.69, 9.17) is 19.3 Å². The number of nitro benzene ring substituents is 1. The van der Waals surface area contributed by atoms with E-state index in [1.807, 2.05) is 0 Å². The van der Waals surface area contributed by atoms with E-state index in [0.29, 0.717) is 22.6 Å². The van der Waals surface area contributed by atoms with Gasteiger partial charge in [-0.2, -0.15) is 0 Å². The minimum absolute atomic E-state index is 0.0396. The number of rotatable bonds is 11. The summed E-state index contributed by atoms with van der Waals surface area (Å²) >= 11 is 0. The summed E-state index contributed by atoms with van der Waals surface area (Å²) in [6.07, 6.45) is 0. The first-order valence-electron chi connectivity index (χ1n) is 10.1. The molecule has 0 unspecified atom stereocenters. The van der Waals surface area contributed by atoms with Crippen LogP contribution in [0.15, 0.2) is 65.6 Å². The highest BCUT2D eigenvalue weighted by Gasteiger charge is 2.24. The second-order valence-electron chi connectivity index (χ2n) is 7.18. The van der Waals surface area contributed by atoms with Crippen LogP contribution >= 0.6 is 0 Å². The second kappa shape index (κ2) is 10.8. The molecule has 12 heteroatoms. The van der Waals surface area contributed by atoms with Crippen LogP contribution in [-0.4, -0.2) is 38.6 Å². The zero-order valence-electron chi connectivity index (χ0n) is 18.8. The van der Waals surface area contributed by atoms with Crippen molar-refractivity contribution in [1.29, 1.82) is 0 Å². The average Bonchev–Trinajstić information content (AvgIpc) is 2.86. The highest BCUT2D eigenvalue weighted by Crippen LogP contribution is 2.30. The van der Waals surface area contributed by atoms with Crippen molar-refractivity contribution in [2.45, 2.75) is 18.0 Å². The molecule has 0 saturated heterocycles. The third-order valence-corrected chi connectivity index (χ3v) is 6.37.